The van der Waals surface area contributed by atoms with E-state index in [1.54, 1.807) is 0 Å². The molecule has 0 spiro atoms. The van der Waals surface area contributed by atoms with Gasteiger partial charge in [-0.2, -0.15) is 0 Å². The molecule has 0 bridgehead atoms. The van der Waals surface area contributed by atoms with E-state index in [9.17, 15) is 0 Å². The summed E-state index contributed by atoms with van der Waals surface area (Å²) in [5.41, 5.74) is 7.81. The monoisotopic (exact) mass is 509 g/mol. The van der Waals surface area contributed by atoms with E-state index in [-0.39, 0.29) is 0 Å². The quantitative estimate of drug-likeness (QED) is 0.205. The van der Waals surface area contributed by atoms with Gasteiger partial charge >= 0.3 is 0 Å². The fourth-order valence-electron chi connectivity index (χ4n) is 6.59. The molecule has 1 aromatic heterocycles. The molecule has 8 aromatic rings. The van der Waals surface area contributed by atoms with Gasteiger partial charge in [0.05, 0.1) is 22.4 Å². The lowest BCUT2D eigenvalue weighted by atomic mass is 9.94. The first-order valence-electron chi connectivity index (χ1n) is 13.7. The molecule has 0 fully saturated rings. The highest BCUT2D eigenvalue weighted by Gasteiger charge is 2.29. The summed E-state index contributed by atoms with van der Waals surface area (Å²) < 4.78 is 2.31. The normalized spacial score (nSPS) is 12.4. The molecule has 1 aliphatic rings. The lowest BCUT2D eigenvalue weighted by Crippen LogP contribution is -2.14. The van der Waals surface area contributed by atoms with E-state index in [4.69, 9.17) is 4.98 Å². The van der Waals surface area contributed by atoms with Crippen LogP contribution in [0.15, 0.2) is 140 Å². The SMILES string of the molecule is c1ccc2c(c1)-c1ccccc1-n1c(nc3ccccc31)N2c1ccc2c3ccccc3c3ccccc3c2c1. The van der Waals surface area contributed by atoms with Gasteiger partial charge in [-0.1, -0.05) is 103 Å². The second-order valence-electron chi connectivity index (χ2n) is 10.4. The van der Waals surface area contributed by atoms with Crippen molar-refractivity contribution in [2.24, 2.45) is 0 Å². The van der Waals surface area contributed by atoms with Crippen LogP contribution in [0.25, 0.3) is 60.2 Å². The summed E-state index contributed by atoms with van der Waals surface area (Å²) >= 11 is 0. The number of para-hydroxylation sites is 4. The summed E-state index contributed by atoms with van der Waals surface area (Å²) in [5, 5.41) is 7.61. The van der Waals surface area contributed by atoms with Crippen molar-refractivity contribution in [3.8, 4) is 16.8 Å². The maximum absolute atomic E-state index is 5.25. The third kappa shape index (κ3) is 2.86. The van der Waals surface area contributed by atoms with Crippen LogP contribution in [0, 0.1) is 0 Å². The van der Waals surface area contributed by atoms with Crippen LogP contribution < -0.4 is 4.90 Å². The standard InChI is InChI=1S/C37H23N3/c1-2-13-27-25(11-1)26-12-3-4-14-28(26)32-23-24(21-22-29(27)32)39-34-18-8-5-15-30(34)31-16-6-9-19-35(31)40-36-20-10-7-17-33(36)38-37(39)40/h1-23H. The molecule has 7 aromatic carbocycles. The number of aromatic nitrogens is 2. The third-order valence-corrected chi connectivity index (χ3v) is 8.31. The van der Waals surface area contributed by atoms with Crippen LogP contribution in [0.5, 0.6) is 0 Å². The number of rotatable bonds is 1. The van der Waals surface area contributed by atoms with Crippen LogP contribution in [0.3, 0.4) is 0 Å². The smallest absolute Gasteiger partial charge is 0.220 e. The highest BCUT2D eigenvalue weighted by atomic mass is 15.3. The molecular weight excluding hydrogens is 486 g/mol. The van der Waals surface area contributed by atoms with E-state index in [2.05, 4.69) is 149 Å². The molecule has 2 heterocycles. The first-order chi connectivity index (χ1) is 19.9. The Morgan fingerprint density at radius 2 is 0.950 bits per heavy atom. The fraction of sp³-hybridized carbons (Fsp3) is 0. The summed E-state index contributed by atoms with van der Waals surface area (Å²) in [6.07, 6.45) is 0. The third-order valence-electron chi connectivity index (χ3n) is 8.31. The highest BCUT2D eigenvalue weighted by Crippen LogP contribution is 2.48. The van der Waals surface area contributed by atoms with Crippen LogP contribution in [-0.2, 0) is 0 Å². The van der Waals surface area contributed by atoms with E-state index in [1.165, 1.54) is 43.4 Å². The van der Waals surface area contributed by atoms with Gasteiger partial charge in [0.2, 0.25) is 5.95 Å². The molecule has 3 heteroatoms. The number of hydrogen-bond acceptors (Lipinski definition) is 2. The Balaban J connectivity index is 1.42. The maximum Gasteiger partial charge on any atom is 0.220 e. The molecule has 1 aliphatic heterocycles. The van der Waals surface area contributed by atoms with Crippen molar-refractivity contribution in [1.82, 2.24) is 9.55 Å². The summed E-state index contributed by atoms with van der Waals surface area (Å²) in [6, 6.07) is 50.1. The van der Waals surface area contributed by atoms with Gasteiger partial charge in [0.15, 0.2) is 0 Å². The molecule has 0 atom stereocenters. The molecule has 3 nitrogen and oxygen atoms in total. The summed E-state index contributed by atoms with van der Waals surface area (Å²) in [7, 11) is 0. The van der Waals surface area contributed by atoms with Crippen LogP contribution in [0.2, 0.25) is 0 Å². The minimum Gasteiger partial charge on any atom is -0.280 e. The van der Waals surface area contributed by atoms with Crippen molar-refractivity contribution in [3.05, 3.63) is 140 Å². The Kier molecular flexibility index (Phi) is 4.33. The van der Waals surface area contributed by atoms with Gasteiger partial charge in [0.1, 0.15) is 0 Å². The molecule has 0 saturated heterocycles. The van der Waals surface area contributed by atoms with Crippen LogP contribution in [-0.4, -0.2) is 9.55 Å². The van der Waals surface area contributed by atoms with E-state index in [1.807, 2.05) is 0 Å². The molecule has 0 radical (unpaired) electrons. The van der Waals surface area contributed by atoms with Gasteiger partial charge in [0, 0.05) is 16.8 Å². The Bertz CT molecular complexity index is 2260. The van der Waals surface area contributed by atoms with E-state index in [0.29, 0.717) is 0 Å². The van der Waals surface area contributed by atoms with Crippen molar-refractivity contribution in [1.29, 1.82) is 0 Å². The van der Waals surface area contributed by atoms with Crippen molar-refractivity contribution in [2.75, 3.05) is 4.90 Å². The number of hydrogen-bond donors (Lipinski definition) is 0. The van der Waals surface area contributed by atoms with E-state index in [0.717, 1.165) is 34.0 Å². The maximum atomic E-state index is 5.25. The van der Waals surface area contributed by atoms with Crippen LogP contribution in [0.1, 0.15) is 0 Å². The first-order valence-corrected chi connectivity index (χ1v) is 13.7. The molecular formula is C37H23N3. The van der Waals surface area contributed by atoms with Gasteiger partial charge in [-0.15, -0.1) is 0 Å². The summed E-state index contributed by atoms with van der Waals surface area (Å²) in [5.74, 6) is 0.892. The topological polar surface area (TPSA) is 21.1 Å². The van der Waals surface area contributed by atoms with Crippen LogP contribution in [0.4, 0.5) is 17.3 Å². The summed E-state index contributed by atoms with van der Waals surface area (Å²) in [6.45, 7) is 0. The Morgan fingerprint density at radius 1 is 0.425 bits per heavy atom. The van der Waals surface area contributed by atoms with Gasteiger partial charge in [0.25, 0.3) is 0 Å². The predicted molar refractivity (Wildman–Crippen MR) is 167 cm³/mol. The molecule has 186 valence electrons. The van der Waals surface area contributed by atoms with E-state index < -0.39 is 0 Å². The number of benzene rings is 7. The average molecular weight is 510 g/mol. The van der Waals surface area contributed by atoms with Crippen molar-refractivity contribution < 1.29 is 0 Å². The van der Waals surface area contributed by atoms with Gasteiger partial charge in [-0.05, 0) is 68.7 Å². The van der Waals surface area contributed by atoms with Crippen molar-refractivity contribution in [3.63, 3.8) is 0 Å². The number of anilines is 3. The minimum absolute atomic E-state index is 0.892. The van der Waals surface area contributed by atoms with Gasteiger partial charge < -0.3 is 0 Å². The fourth-order valence-corrected chi connectivity index (χ4v) is 6.59. The molecule has 0 amide bonds. The first kappa shape index (κ1) is 21.5. The van der Waals surface area contributed by atoms with Crippen molar-refractivity contribution >= 4 is 60.7 Å². The lowest BCUT2D eigenvalue weighted by molar-refractivity contribution is 1.05. The second kappa shape index (κ2) is 8.05. The summed E-state index contributed by atoms with van der Waals surface area (Å²) in [4.78, 5) is 7.58. The molecule has 0 unspecified atom stereocenters. The highest BCUT2D eigenvalue weighted by molar-refractivity contribution is 6.25. The minimum atomic E-state index is 0.892. The molecule has 9 rings (SSSR count). The molecule has 0 aliphatic carbocycles. The Morgan fingerprint density at radius 3 is 1.68 bits per heavy atom. The Labute approximate surface area is 231 Å². The molecule has 0 N–H and O–H groups in total. The predicted octanol–water partition coefficient (Wildman–Crippen LogP) is 9.94. The zero-order valence-electron chi connectivity index (χ0n) is 21.6. The number of fused-ring (bicyclic) bond motifs is 13. The number of imidazole rings is 1. The van der Waals surface area contributed by atoms with Gasteiger partial charge in [-0.25, -0.2) is 4.98 Å². The van der Waals surface area contributed by atoms with Gasteiger partial charge in [-0.3, -0.25) is 9.47 Å². The number of nitrogens with zero attached hydrogens (tertiary/aromatic N) is 3. The zero-order valence-corrected chi connectivity index (χ0v) is 21.6. The Hall–Kier alpha value is -5.41. The average Bonchev–Trinajstić information content (AvgIpc) is 3.35. The molecule has 40 heavy (non-hydrogen) atoms. The largest absolute Gasteiger partial charge is 0.280 e. The molecule has 0 saturated carbocycles. The lowest BCUT2D eigenvalue weighted by Gasteiger charge is -2.25. The van der Waals surface area contributed by atoms with Crippen LogP contribution >= 0.6 is 0 Å². The zero-order chi connectivity index (χ0) is 26.2. The van der Waals surface area contributed by atoms with Crippen molar-refractivity contribution in [2.45, 2.75) is 0 Å². The van der Waals surface area contributed by atoms with E-state index >= 15 is 0 Å². The second-order valence-corrected chi connectivity index (χ2v) is 10.4.